The fourth-order valence-electron chi connectivity index (χ4n) is 2.50. The summed E-state index contributed by atoms with van der Waals surface area (Å²) in [5, 5.41) is 14.3. The number of hydrogen-bond acceptors (Lipinski definition) is 4. The predicted octanol–water partition coefficient (Wildman–Crippen LogP) is 3.62. The van der Waals surface area contributed by atoms with E-state index in [1.165, 1.54) is 6.07 Å². The van der Waals surface area contributed by atoms with Crippen molar-refractivity contribution >= 4 is 23.0 Å². The number of benzene rings is 1. The molecule has 0 radical (unpaired) electrons. The van der Waals surface area contributed by atoms with Gasteiger partial charge in [0.1, 0.15) is 5.02 Å². The summed E-state index contributed by atoms with van der Waals surface area (Å²) in [5.41, 5.74) is 0.640. The van der Waals surface area contributed by atoms with Crippen LogP contribution in [0.1, 0.15) is 25.7 Å². The molecule has 1 aliphatic carbocycles. The molecular formula is C13H17ClN2O3. The molecule has 0 saturated heterocycles. The molecule has 1 saturated carbocycles. The van der Waals surface area contributed by atoms with Gasteiger partial charge in [-0.3, -0.25) is 10.1 Å². The predicted molar refractivity (Wildman–Crippen MR) is 74.8 cm³/mol. The summed E-state index contributed by atoms with van der Waals surface area (Å²) in [5.74, 6) is 0. The Kier molecular flexibility index (Phi) is 4.61. The van der Waals surface area contributed by atoms with Crippen molar-refractivity contribution in [2.75, 3.05) is 12.4 Å². The molecule has 0 aromatic heterocycles. The molecule has 1 aromatic rings. The summed E-state index contributed by atoms with van der Waals surface area (Å²) in [7, 11) is 1.70. The number of ether oxygens (including phenoxy) is 1. The van der Waals surface area contributed by atoms with Gasteiger partial charge in [0.25, 0.3) is 5.69 Å². The van der Waals surface area contributed by atoms with E-state index in [1.54, 1.807) is 19.2 Å². The summed E-state index contributed by atoms with van der Waals surface area (Å²) in [4.78, 5) is 10.4. The van der Waals surface area contributed by atoms with E-state index in [0.717, 1.165) is 25.7 Å². The van der Waals surface area contributed by atoms with Crippen LogP contribution in [0.4, 0.5) is 11.4 Å². The second-order valence-corrected chi connectivity index (χ2v) is 5.14. The van der Waals surface area contributed by atoms with Crippen molar-refractivity contribution in [2.45, 2.75) is 37.8 Å². The Balaban J connectivity index is 2.14. The summed E-state index contributed by atoms with van der Waals surface area (Å²) in [6.45, 7) is 0. The van der Waals surface area contributed by atoms with Crippen LogP contribution in [0.15, 0.2) is 18.2 Å². The Hall–Kier alpha value is -1.33. The monoisotopic (exact) mass is 284 g/mol. The van der Waals surface area contributed by atoms with Gasteiger partial charge < -0.3 is 10.1 Å². The highest BCUT2D eigenvalue weighted by Crippen LogP contribution is 2.30. The van der Waals surface area contributed by atoms with Gasteiger partial charge in [0.15, 0.2) is 0 Å². The molecular weight excluding hydrogens is 268 g/mol. The lowest BCUT2D eigenvalue weighted by Crippen LogP contribution is -2.37. The zero-order valence-electron chi connectivity index (χ0n) is 10.8. The van der Waals surface area contributed by atoms with Crippen LogP contribution in [0.25, 0.3) is 0 Å². The molecule has 0 spiro atoms. The van der Waals surface area contributed by atoms with Crippen LogP contribution in [0.5, 0.6) is 0 Å². The minimum atomic E-state index is -0.470. The summed E-state index contributed by atoms with van der Waals surface area (Å²) < 4.78 is 5.45. The Morgan fingerprint density at radius 2 is 2.16 bits per heavy atom. The van der Waals surface area contributed by atoms with Gasteiger partial charge in [-0.2, -0.15) is 0 Å². The lowest BCUT2D eigenvalue weighted by atomic mass is 9.92. The zero-order chi connectivity index (χ0) is 13.8. The number of nitrogens with one attached hydrogen (secondary N) is 1. The zero-order valence-corrected chi connectivity index (χ0v) is 11.5. The molecule has 2 rings (SSSR count). The molecule has 1 aliphatic rings. The summed E-state index contributed by atoms with van der Waals surface area (Å²) in [6, 6.07) is 4.98. The second-order valence-electron chi connectivity index (χ2n) is 4.73. The third-order valence-electron chi connectivity index (χ3n) is 3.50. The highest BCUT2D eigenvalue weighted by molar-refractivity contribution is 6.32. The minimum Gasteiger partial charge on any atom is -0.379 e. The van der Waals surface area contributed by atoms with Crippen molar-refractivity contribution in [3.05, 3.63) is 33.3 Å². The van der Waals surface area contributed by atoms with Crippen LogP contribution in [0.3, 0.4) is 0 Å². The Labute approximate surface area is 117 Å². The quantitative estimate of drug-likeness (QED) is 0.677. The maximum Gasteiger partial charge on any atom is 0.289 e. The first-order valence-electron chi connectivity index (χ1n) is 6.35. The molecule has 1 fully saturated rings. The lowest BCUT2D eigenvalue weighted by Gasteiger charge is -2.31. The van der Waals surface area contributed by atoms with Gasteiger partial charge in [-0.25, -0.2) is 0 Å². The minimum absolute atomic E-state index is 0.0727. The molecule has 2 atom stereocenters. The van der Waals surface area contributed by atoms with Gasteiger partial charge in [-0.1, -0.05) is 24.4 Å². The van der Waals surface area contributed by atoms with Crippen molar-refractivity contribution in [3.8, 4) is 0 Å². The fourth-order valence-corrected chi connectivity index (χ4v) is 2.69. The number of nitro benzene ring substituents is 1. The van der Waals surface area contributed by atoms with Crippen LogP contribution in [-0.4, -0.2) is 24.2 Å². The molecule has 1 N–H and O–H groups in total. The molecule has 6 heteroatoms. The van der Waals surface area contributed by atoms with Crippen molar-refractivity contribution in [1.29, 1.82) is 0 Å². The standard InChI is InChI=1S/C13H17ClN2O3/c1-19-13-5-3-2-4-11(13)15-9-6-7-10(14)12(8-9)16(17)18/h6-8,11,13,15H,2-5H2,1H3. The first kappa shape index (κ1) is 14.1. The number of nitrogens with zero attached hydrogens (tertiary/aromatic N) is 1. The SMILES string of the molecule is COC1CCCCC1Nc1ccc(Cl)c([N+](=O)[O-])c1. The number of halogens is 1. The van der Waals surface area contributed by atoms with Crippen molar-refractivity contribution in [1.82, 2.24) is 0 Å². The van der Waals surface area contributed by atoms with E-state index in [2.05, 4.69) is 5.32 Å². The van der Waals surface area contributed by atoms with Gasteiger partial charge in [0.2, 0.25) is 0 Å². The number of nitro groups is 1. The fraction of sp³-hybridized carbons (Fsp3) is 0.538. The normalized spacial score (nSPS) is 23.1. The van der Waals surface area contributed by atoms with E-state index >= 15 is 0 Å². The maximum absolute atomic E-state index is 10.9. The van der Waals surface area contributed by atoms with Crippen LogP contribution in [-0.2, 0) is 4.74 Å². The topological polar surface area (TPSA) is 64.4 Å². The van der Waals surface area contributed by atoms with Crippen LogP contribution < -0.4 is 5.32 Å². The Bertz CT molecular complexity index is 467. The van der Waals surface area contributed by atoms with Crippen molar-refractivity contribution in [3.63, 3.8) is 0 Å². The molecule has 2 unspecified atom stereocenters. The number of rotatable bonds is 4. The summed E-state index contributed by atoms with van der Waals surface area (Å²) in [6.07, 6.45) is 4.49. The smallest absolute Gasteiger partial charge is 0.289 e. The number of hydrogen-bond donors (Lipinski definition) is 1. The van der Waals surface area contributed by atoms with Crippen LogP contribution in [0.2, 0.25) is 5.02 Å². The molecule has 0 amide bonds. The molecule has 19 heavy (non-hydrogen) atoms. The van der Waals surface area contributed by atoms with E-state index in [0.29, 0.717) is 5.69 Å². The van der Waals surface area contributed by atoms with E-state index in [4.69, 9.17) is 16.3 Å². The molecule has 5 nitrogen and oxygen atoms in total. The maximum atomic E-state index is 10.9. The summed E-state index contributed by atoms with van der Waals surface area (Å²) >= 11 is 5.80. The Morgan fingerprint density at radius 1 is 1.42 bits per heavy atom. The third-order valence-corrected chi connectivity index (χ3v) is 3.82. The van der Waals surface area contributed by atoms with E-state index < -0.39 is 4.92 Å². The van der Waals surface area contributed by atoms with Gasteiger partial charge in [-0.05, 0) is 25.0 Å². The van der Waals surface area contributed by atoms with E-state index in [9.17, 15) is 10.1 Å². The largest absolute Gasteiger partial charge is 0.379 e. The first-order valence-corrected chi connectivity index (χ1v) is 6.73. The van der Waals surface area contributed by atoms with Gasteiger partial charge in [0.05, 0.1) is 17.1 Å². The van der Waals surface area contributed by atoms with Gasteiger partial charge in [-0.15, -0.1) is 0 Å². The lowest BCUT2D eigenvalue weighted by molar-refractivity contribution is -0.384. The van der Waals surface area contributed by atoms with E-state index in [1.807, 2.05) is 0 Å². The number of methoxy groups -OCH3 is 1. The molecule has 104 valence electrons. The average Bonchev–Trinajstić information content (AvgIpc) is 2.41. The Morgan fingerprint density at radius 3 is 2.84 bits per heavy atom. The highest BCUT2D eigenvalue weighted by Gasteiger charge is 2.25. The number of anilines is 1. The van der Waals surface area contributed by atoms with Crippen LogP contribution in [0, 0.1) is 10.1 Å². The second kappa shape index (κ2) is 6.21. The van der Waals surface area contributed by atoms with Crippen molar-refractivity contribution in [2.24, 2.45) is 0 Å². The van der Waals surface area contributed by atoms with Crippen molar-refractivity contribution < 1.29 is 9.66 Å². The van der Waals surface area contributed by atoms with Gasteiger partial charge in [0, 0.05) is 18.9 Å². The van der Waals surface area contributed by atoms with Gasteiger partial charge >= 0.3 is 0 Å². The third kappa shape index (κ3) is 3.36. The molecule has 0 bridgehead atoms. The highest BCUT2D eigenvalue weighted by atomic mass is 35.5. The molecule has 0 aliphatic heterocycles. The van der Waals surface area contributed by atoms with Crippen LogP contribution >= 0.6 is 11.6 Å². The first-order chi connectivity index (χ1) is 9.11. The molecule has 1 aromatic carbocycles. The van der Waals surface area contributed by atoms with E-state index in [-0.39, 0.29) is 22.9 Å². The molecule has 0 heterocycles. The average molecular weight is 285 g/mol.